The molecule has 34 heavy (non-hydrogen) atoms. The first kappa shape index (κ1) is 28.1. The number of nitrogens with one attached hydrogen (secondary N) is 1. The van der Waals surface area contributed by atoms with Gasteiger partial charge in [-0.2, -0.15) is 4.31 Å². The highest BCUT2D eigenvalue weighted by Gasteiger charge is 2.32. The maximum atomic E-state index is 13.5. The number of rotatable bonds is 10. The molecule has 0 aromatic heterocycles. The molecular formula is C24H31Cl2N3O4S. The second kappa shape index (κ2) is 12.0. The number of benzene rings is 2. The molecule has 0 heterocycles. The standard InChI is InChI=1S/C24H31Cl2N3O4S/c1-6-22(24(31)27-16(2)3)29(14-19-20(25)8-7-9-21(19)26)23(30)15-28(5)34(32,33)18-12-10-17(4)11-13-18/h7-13,16,22H,6,14-15H2,1-5H3,(H,27,31)/t22-/m0/s1. The molecule has 0 aliphatic rings. The lowest BCUT2D eigenvalue weighted by molar-refractivity contribution is -0.141. The van der Waals surface area contributed by atoms with Crippen LogP contribution >= 0.6 is 23.2 Å². The number of halogens is 2. The minimum absolute atomic E-state index is 0.0419. The van der Waals surface area contributed by atoms with E-state index in [9.17, 15) is 18.0 Å². The van der Waals surface area contributed by atoms with Crippen LogP contribution in [0.2, 0.25) is 10.0 Å². The lowest BCUT2D eigenvalue weighted by Crippen LogP contribution is -2.52. The molecule has 2 aromatic rings. The van der Waals surface area contributed by atoms with Crippen molar-refractivity contribution in [2.75, 3.05) is 13.6 Å². The van der Waals surface area contributed by atoms with Crippen molar-refractivity contribution in [1.29, 1.82) is 0 Å². The molecule has 7 nitrogen and oxygen atoms in total. The molecule has 0 saturated heterocycles. The van der Waals surface area contributed by atoms with E-state index < -0.39 is 28.5 Å². The first-order chi connectivity index (χ1) is 15.9. The summed E-state index contributed by atoms with van der Waals surface area (Å²) < 4.78 is 27.0. The molecule has 10 heteroatoms. The molecule has 2 amide bonds. The summed E-state index contributed by atoms with van der Waals surface area (Å²) in [5.74, 6) is -0.877. The number of hydrogen-bond donors (Lipinski definition) is 1. The largest absolute Gasteiger partial charge is 0.352 e. The number of carbonyl (C=O) groups excluding carboxylic acids is 2. The van der Waals surface area contributed by atoms with Crippen LogP contribution in [0.1, 0.15) is 38.3 Å². The average Bonchev–Trinajstić information content (AvgIpc) is 2.75. The Balaban J connectivity index is 2.39. The number of likely N-dealkylation sites (N-methyl/N-ethyl adjacent to an activating group) is 1. The Labute approximate surface area is 212 Å². The van der Waals surface area contributed by atoms with Crippen LogP contribution < -0.4 is 5.32 Å². The lowest BCUT2D eigenvalue weighted by atomic mass is 10.1. The van der Waals surface area contributed by atoms with Crippen LogP contribution in [0.15, 0.2) is 47.4 Å². The molecule has 0 unspecified atom stereocenters. The van der Waals surface area contributed by atoms with E-state index in [0.717, 1.165) is 9.87 Å². The van der Waals surface area contributed by atoms with E-state index >= 15 is 0 Å². The number of aryl methyl sites for hydroxylation is 1. The minimum Gasteiger partial charge on any atom is -0.352 e. The summed E-state index contributed by atoms with van der Waals surface area (Å²) in [4.78, 5) is 27.8. The number of amides is 2. The van der Waals surface area contributed by atoms with Crippen LogP contribution in [0.5, 0.6) is 0 Å². The van der Waals surface area contributed by atoms with E-state index in [1.54, 1.807) is 37.3 Å². The highest BCUT2D eigenvalue weighted by molar-refractivity contribution is 7.89. The summed E-state index contributed by atoms with van der Waals surface area (Å²) in [7, 11) is -2.58. The number of nitrogens with zero attached hydrogens (tertiary/aromatic N) is 2. The van der Waals surface area contributed by atoms with Crippen molar-refractivity contribution in [2.45, 2.75) is 57.6 Å². The highest BCUT2D eigenvalue weighted by atomic mass is 35.5. The predicted molar refractivity (Wildman–Crippen MR) is 135 cm³/mol. The molecule has 2 aromatic carbocycles. The van der Waals surface area contributed by atoms with E-state index in [0.29, 0.717) is 22.0 Å². The van der Waals surface area contributed by atoms with Crippen LogP contribution in [-0.4, -0.2) is 55.1 Å². The predicted octanol–water partition coefficient (Wildman–Crippen LogP) is 4.25. The monoisotopic (exact) mass is 527 g/mol. The molecule has 1 atom stereocenters. The van der Waals surface area contributed by atoms with Gasteiger partial charge in [0.05, 0.1) is 11.4 Å². The quantitative estimate of drug-likeness (QED) is 0.500. The highest BCUT2D eigenvalue weighted by Crippen LogP contribution is 2.27. The Morgan fingerprint density at radius 2 is 1.59 bits per heavy atom. The van der Waals surface area contributed by atoms with Gasteiger partial charge in [0.25, 0.3) is 0 Å². The van der Waals surface area contributed by atoms with Crippen molar-refractivity contribution < 1.29 is 18.0 Å². The van der Waals surface area contributed by atoms with Gasteiger partial charge in [-0.15, -0.1) is 0 Å². The third-order valence-corrected chi connectivity index (χ3v) is 7.82. The third kappa shape index (κ3) is 6.95. The summed E-state index contributed by atoms with van der Waals surface area (Å²) in [5.41, 5.74) is 1.40. The van der Waals surface area contributed by atoms with Gasteiger partial charge in [0.2, 0.25) is 21.8 Å². The van der Waals surface area contributed by atoms with Gasteiger partial charge in [0.1, 0.15) is 6.04 Å². The fraction of sp³-hybridized carbons (Fsp3) is 0.417. The topological polar surface area (TPSA) is 86.8 Å². The molecule has 1 N–H and O–H groups in total. The van der Waals surface area contributed by atoms with Crippen LogP contribution in [0, 0.1) is 6.92 Å². The van der Waals surface area contributed by atoms with Gasteiger partial charge >= 0.3 is 0 Å². The SMILES string of the molecule is CC[C@@H](C(=O)NC(C)C)N(Cc1c(Cl)cccc1Cl)C(=O)CN(C)S(=O)(=O)c1ccc(C)cc1. The molecule has 0 aliphatic heterocycles. The van der Waals surface area contributed by atoms with Crippen LogP contribution in [0.3, 0.4) is 0 Å². The van der Waals surface area contributed by atoms with Crippen molar-refractivity contribution in [3.8, 4) is 0 Å². The van der Waals surface area contributed by atoms with Gasteiger partial charge in [0, 0.05) is 35.2 Å². The maximum Gasteiger partial charge on any atom is 0.243 e. The second-order valence-corrected chi connectivity index (χ2v) is 11.2. The van der Waals surface area contributed by atoms with Gasteiger partial charge in [-0.1, -0.05) is 53.9 Å². The molecule has 0 bridgehead atoms. The van der Waals surface area contributed by atoms with E-state index in [-0.39, 0.29) is 23.4 Å². The van der Waals surface area contributed by atoms with E-state index in [1.807, 2.05) is 20.8 Å². The summed E-state index contributed by atoms with van der Waals surface area (Å²) in [6.07, 6.45) is 0.320. The number of sulfonamides is 1. The van der Waals surface area contributed by atoms with Crippen LogP contribution in [-0.2, 0) is 26.2 Å². The molecule has 2 rings (SSSR count). The molecule has 0 spiro atoms. The van der Waals surface area contributed by atoms with Crippen molar-refractivity contribution >= 4 is 45.0 Å². The zero-order valence-corrected chi connectivity index (χ0v) is 22.3. The molecule has 0 fully saturated rings. The van der Waals surface area contributed by atoms with Crippen molar-refractivity contribution in [1.82, 2.24) is 14.5 Å². The Morgan fingerprint density at radius 3 is 2.09 bits per heavy atom. The van der Waals surface area contributed by atoms with Crippen LogP contribution in [0.4, 0.5) is 0 Å². The average molecular weight is 529 g/mol. The summed E-state index contributed by atoms with van der Waals surface area (Å²) in [5, 5.41) is 3.53. The van der Waals surface area contributed by atoms with Crippen molar-refractivity contribution in [3.63, 3.8) is 0 Å². The summed E-state index contributed by atoms with van der Waals surface area (Å²) >= 11 is 12.7. The van der Waals surface area contributed by atoms with Crippen LogP contribution in [0.25, 0.3) is 0 Å². The molecule has 186 valence electrons. The Bertz CT molecular complexity index is 1100. The van der Waals surface area contributed by atoms with Gasteiger partial charge < -0.3 is 10.2 Å². The van der Waals surface area contributed by atoms with Crippen molar-refractivity contribution in [3.05, 3.63) is 63.6 Å². The zero-order chi connectivity index (χ0) is 25.6. The van der Waals surface area contributed by atoms with Gasteiger partial charge in [-0.3, -0.25) is 9.59 Å². The smallest absolute Gasteiger partial charge is 0.243 e. The van der Waals surface area contributed by atoms with Gasteiger partial charge in [-0.05, 0) is 51.5 Å². The van der Waals surface area contributed by atoms with E-state index in [4.69, 9.17) is 23.2 Å². The molecule has 0 radical (unpaired) electrons. The fourth-order valence-corrected chi connectivity index (χ4v) is 5.05. The summed E-state index contributed by atoms with van der Waals surface area (Å²) in [6, 6.07) is 10.4. The maximum absolute atomic E-state index is 13.5. The lowest BCUT2D eigenvalue weighted by Gasteiger charge is -2.32. The van der Waals surface area contributed by atoms with Crippen molar-refractivity contribution in [2.24, 2.45) is 0 Å². The van der Waals surface area contributed by atoms with E-state index in [2.05, 4.69) is 5.32 Å². The first-order valence-corrected chi connectivity index (χ1v) is 13.1. The molecule has 0 saturated carbocycles. The zero-order valence-electron chi connectivity index (χ0n) is 20.0. The second-order valence-electron chi connectivity index (χ2n) is 8.38. The third-order valence-electron chi connectivity index (χ3n) is 5.29. The Hall–Kier alpha value is -2.13. The van der Waals surface area contributed by atoms with Gasteiger partial charge in [0.15, 0.2) is 0 Å². The fourth-order valence-electron chi connectivity index (χ4n) is 3.41. The Morgan fingerprint density at radius 1 is 1.03 bits per heavy atom. The van der Waals surface area contributed by atoms with E-state index in [1.165, 1.54) is 24.1 Å². The minimum atomic E-state index is -3.91. The molecular weight excluding hydrogens is 497 g/mol. The first-order valence-electron chi connectivity index (χ1n) is 10.9. The van der Waals surface area contributed by atoms with Gasteiger partial charge in [-0.25, -0.2) is 8.42 Å². The number of hydrogen-bond acceptors (Lipinski definition) is 4. The Kier molecular flexibility index (Phi) is 9.94. The number of carbonyl (C=O) groups is 2. The molecule has 0 aliphatic carbocycles. The summed E-state index contributed by atoms with van der Waals surface area (Å²) in [6.45, 7) is 6.79. The normalized spacial score (nSPS) is 12.6.